The Morgan fingerprint density at radius 3 is 2.26 bits per heavy atom. The summed E-state index contributed by atoms with van der Waals surface area (Å²) in [7, 11) is 0.105. The van der Waals surface area contributed by atoms with Crippen molar-refractivity contribution in [2.45, 2.75) is 11.8 Å². The minimum Gasteiger partial charge on any atom is -0.363 e. The van der Waals surface area contributed by atoms with Gasteiger partial charge in [0.05, 0.1) is 4.90 Å². The Morgan fingerprint density at radius 2 is 1.52 bits per heavy atom. The fourth-order valence-electron chi connectivity index (χ4n) is 3.23. The molecule has 4 rings (SSSR count). The molecular weight excluding hydrogens is 410 g/mol. The Kier molecular flexibility index (Phi) is 5.48. The molecule has 0 radical (unpaired) electrons. The van der Waals surface area contributed by atoms with Crippen LogP contribution in [0.2, 0.25) is 0 Å². The topological polar surface area (TPSA) is 87.2 Å². The third-order valence-corrected chi connectivity index (χ3v) is 6.17. The number of hydrogen-bond acceptors (Lipinski definition) is 6. The molecule has 158 valence electrons. The zero-order chi connectivity index (χ0) is 22.0. The van der Waals surface area contributed by atoms with Gasteiger partial charge in [0, 0.05) is 42.6 Å². The summed E-state index contributed by atoms with van der Waals surface area (Å²) < 4.78 is 28.6. The number of aromatic nitrogens is 2. The first-order valence-electron chi connectivity index (χ1n) is 9.72. The van der Waals surface area contributed by atoms with E-state index in [0.717, 1.165) is 22.6 Å². The van der Waals surface area contributed by atoms with Gasteiger partial charge < -0.3 is 10.2 Å². The molecule has 8 heteroatoms. The lowest BCUT2D eigenvalue weighted by atomic mass is 10.1. The average Bonchev–Trinajstić information content (AvgIpc) is 2.74. The van der Waals surface area contributed by atoms with Crippen molar-refractivity contribution in [2.24, 2.45) is 0 Å². The van der Waals surface area contributed by atoms with E-state index in [-0.39, 0.29) is 4.90 Å². The van der Waals surface area contributed by atoms with E-state index >= 15 is 0 Å². The Labute approximate surface area is 181 Å². The monoisotopic (exact) mass is 433 g/mol. The summed E-state index contributed by atoms with van der Waals surface area (Å²) in [5.41, 5.74) is 2.07. The lowest BCUT2D eigenvalue weighted by Crippen LogP contribution is -2.13. The van der Waals surface area contributed by atoms with Gasteiger partial charge in [-0.3, -0.25) is 4.72 Å². The molecule has 1 aromatic heterocycles. The number of sulfonamides is 1. The Balaban J connectivity index is 1.55. The normalized spacial score (nSPS) is 11.3. The van der Waals surface area contributed by atoms with Gasteiger partial charge in [-0.25, -0.2) is 13.4 Å². The van der Waals surface area contributed by atoms with Crippen LogP contribution in [0.15, 0.2) is 77.7 Å². The zero-order valence-corrected chi connectivity index (χ0v) is 18.3. The van der Waals surface area contributed by atoms with Crippen LogP contribution < -0.4 is 14.9 Å². The van der Waals surface area contributed by atoms with Crippen molar-refractivity contribution in [1.29, 1.82) is 0 Å². The molecule has 0 spiro atoms. The van der Waals surface area contributed by atoms with Crippen molar-refractivity contribution in [2.75, 3.05) is 29.0 Å². The molecule has 2 N–H and O–H groups in total. The molecule has 0 atom stereocenters. The van der Waals surface area contributed by atoms with Crippen LogP contribution in [0.1, 0.15) is 5.69 Å². The highest BCUT2D eigenvalue weighted by atomic mass is 32.2. The van der Waals surface area contributed by atoms with Gasteiger partial charge in [-0.1, -0.05) is 36.4 Å². The van der Waals surface area contributed by atoms with Gasteiger partial charge in [0.25, 0.3) is 10.0 Å². The SMILES string of the molecule is Cc1cc(N(C)C)nc(Nc2ccc(NS(=O)(=O)c3cccc4ccccc34)cc2)n1. The van der Waals surface area contributed by atoms with Gasteiger partial charge in [-0.05, 0) is 42.6 Å². The van der Waals surface area contributed by atoms with E-state index in [4.69, 9.17) is 0 Å². The van der Waals surface area contributed by atoms with Crippen molar-refractivity contribution in [3.63, 3.8) is 0 Å². The van der Waals surface area contributed by atoms with Crippen LogP contribution in [0.5, 0.6) is 0 Å². The van der Waals surface area contributed by atoms with Crippen molar-refractivity contribution in [3.05, 3.63) is 78.5 Å². The quantitative estimate of drug-likeness (QED) is 0.464. The highest BCUT2D eigenvalue weighted by Crippen LogP contribution is 2.26. The van der Waals surface area contributed by atoms with E-state index in [1.165, 1.54) is 0 Å². The van der Waals surface area contributed by atoms with Crippen molar-refractivity contribution < 1.29 is 8.42 Å². The molecule has 4 aromatic rings. The van der Waals surface area contributed by atoms with Gasteiger partial charge in [-0.2, -0.15) is 4.98 Å². The summed E-state index contributed by atoms with van der Waals surface area (Å²) in [5.74, 6) is 1.28. The summed E-state index contributed by atoms with van der Waals surface area (Å²) in [6, 6.07) is 21.5. The van der Waals surface area contributed by atoms with E-state index in [1.807, 2.05) is 56.3 Å². The fourth-order valence-corrected chi connectivity index (χ4v) is 4.52. The maximum absolute atomic E-state index is 13.0. The number of nitrogens with one attached hydrogen (secondary N) is 2. The van der Waals surface area contributed by atoms with Gasteiger partial charge in [0.1, 0.15) is 5.82 Å². The first-order valence-corrected chi connectivity index (χ1v) is 11.2. The number of rotatable bonds is 6. The molecule has 0 saturated carbocycles. The summed E-state index contributed by atoms with van der Waals surface area (Å²) in [5, 5.41) is 4.72. The fraction of sp³-hybridized carbons (Fsp3) is 0.130. The summed E-state index contributed by atoms with van der Waals surface area (Å²) in [6.45, 7) is 1.91. The minimum atomic E-state index is -3.73. The third-order valence-electron chi connectivity index (χ3n) is 4.73. The lowest BCUT2D eigenvalue weighted by molar-refractivity contribution is 0.602. The molecule has 0 aliphatic heterocycles. The molecule has 0 saturated heterocycles. The van der Waals surface area contributed by atoms with Crippen molar-refractivity contribution in [3.8, 4) is 0 Å². The molecule has 0 aliphatic rings. The highest BCUT2D eigenvalue weighted by molar-refractivity contribution is 7.93. The van der Waals surface area contributed by atoms with Crippen molar-refractivity contribution >= 4 is 43.9 Å². The van der Waals surface area contributed by atoms with Crippen LogP contribution in [-0.2, 0) is 10.0 Å². The predicted octanol–water partition coefficient (Wildman–Crippen LogP) is 4.55. The number of benzene rings is 3. The lowest BCUT2D eigenvalue weighted by Gasteiger charge is -2.14. The number of nitrogens with zero attached hydrogens (tertiary/aromatic N) is 3. The van der Waals surface area contributed by atoms with E-state index in [2.05, 4.69) is 20.0 Å². The van der Waals surface area contributed by atoms with Gasteiger partial charge >= 0.3 is 0 Å². The Hall–Kier alpha value is -3.65. The Bertz CT molecular complexity index is 1330. The maximum Gasteiger partial charge on any atom is 0.262 e. The molecule has 0 aliphatic carbocycles. The van der Waals surface area contributed by atoms with E-state index in [1.54, 1.807) is 42.5 Å². The number of anilines is 4. The van der Waals surface area contributed by atoms with Gasteiger partial charge in [-0.15, -0.1) is 0 Å². The second-order valence-electron chi connectivity index (χ2n) is 7.37. The molecule has 0 amide bonds. The van der Waals surface area contributed by atoms with Crippen LogP contribution in [0.4, 0.5) is 23.1 Å². The van der Waals surface area contributed by atoms with Crippen molar-refractivity contribution in [1.82, 2.24) is 9.97 Å². The minimum absolute atomic E-state index is 0.247. The van der Waals surface area contributed by atoms with E-state index < -0.39 is 10.0 Å². The molecule has 3 aromatic carbocycles. The Morgan fingerprint density at radius 1 is 0.839 bits per heavy atom. The van der Waals surface area contributed by atoms with E-state index in [9.17, 15) is 8.42 Å². The second-order valence-corrected chi connectivity index (χ2v) is 9.02. The van der Waals surface area contributed by atoms with Crippen LogP contribution in [-0.4, -0.2) is 32.5 Å². The molecule has 31 heavy (non-hydrogen) atoms. The highest BCUT2D eigenvalue weighted by Gasteiger charge is 2.17. The second kappa shape index (κ2) is 8.23. The molecule has 0 fully saturated rings. The summed E-state index contributed by atoms with van der Waals surface area (Å²) in [6.07, 6.45) is 0. The summed E-state index contributed by atoms with van der Waals surface area (Å²) in [4.78, 5) is 11.0. The van der Waals surface area contributed by atoms with Crippen LogP contribution in [0.25, 0.3) is 10.8 Å². The number of hydrogen-bond donors (Lipinski definition) is 2. The predicted molar refractivity (Wildman–Crippen MR) is 126 cm³/mol. The zero-order valence-electron chi connectivity index (χ0n) is 17.5. The number of aryl methyl sites for hydroxylation is 1. The first-order chi connectivity index (χ1) is 14.8. The van der Waals surface area contributed by atoms with Crippen LogP contribution >= 0.6 is 0 Å². The first kappa shape index (κ1) is 20.6. The van der Waals surface area contributed by atoms with E-state index in [0.29, 0.717) is 17.0 Å². The smallest absolute Gasteiger partial charge is 0.262 e. The third kappa shape index (κ3) is 4.59. The van der Waals surface area contributed by atoms with Crippen LogP contribution in [0, 0.1) is 6.92 Å². The average molecular weight is 434 g/mol. The summed E-state index contributed by atoms with van der Waals surface area (Å²) >= 11 is 0. The van der Waals surface area contributed by atoms with Gasteiger partial charge in [0.2, 0.25) is 5.95 Å². The standard InChI is InChI=1S/C23H23N5O2S/c1-16-15-22(28(2)3)26-23(24-16)25-18-11-13-19(14-12-18)27-31(29,30)21-10-6-8-17-7-4-5-9-20(17)21/h4-15,27H,1-3H3,(H,24,25,26). The molecule has 0 unspecified atom stereocenters. The molecule has 0 bridgehead atoms. The molecule has 7 nitrogen and oxygen atoms in total. The maximum atomic E-state index is 13.0. The van der Waals surface area contributed by atoms with Crippen LogP contribution in [0.3, 0.4) is 0 Å². The molecular formula is C23H23N5O2S. The molecule has 1 heterocycles. The number of fused-ring (bicyclic) bond motifs is 1. The van der Waals surface area contributed by atoms with Gasteiger partial charge in [0.15, 0.2) is 0 Å². The largest absolute Gasteiger partial charge is 0.363 e.